The van der Waals surface area contributed by atoms with Gasteiger partial charge in [0.25, 0.3) is 0 Å². The molecule has 1 atom stereocenters. The Morgan fingerprint density at radius 3 is 2.74 bits per heavy atom. The molecule has 27 heavy (non-hydrogen) atoms. The number of hydrogen-bond donors (Lipinski definition) is 1. The van der Waals surface area contributed by atoms with Crippen molar-refractivity contribution in [1.29, 1.82) is 0 Å². The van der Waals surface area contributed by atoms with Gasteiger partial charge in [0.1, 0.15) is 0 Å². The Morgan fingerprint density at radius 2 is 2.07 bits per heavy atom. The molecule has 142 valence electrons. The van der Waals surface area contributed by atoms with Crippen LogP contribution in [-0.4, -0.2) is 28.2 Å². The number of nitrogens with zero attached hydrogens (tertiary/aromatic N) is 2. The highest BCUT2D eigenvalue weighted by Gasteiger charge is 2.34. The molecule has 1 unspecified atom stereocenters. The molecule has 1 fully saturated rings. The summed E-state index contributed by atoms with van der Waals surface area (Å²) in [6, 6.07) is 9.44. The minimum atomic E-state index is -0.366. The van der Waals surface area contributed by atoms with Gasteiger partial charge in [-0.15, -0.1) is 0 Å². The molecule has 1 aromatic heterocycles. The molecule has 2 amide bonds. The zero-order chi connectivity index (χ0) is 19.4. The van der Waals surface area contributed by atoms with Crippen molar-refractivity contribution >= 4 is 29.1 Å². The molecular weight excluding hydrogens is 362 g/mol. The number of benzene rings is 1. The van der Waals surface area contributed by atoms with E-state index >= 15 is 0 Å². The van der Waals surface area contributed by atoms with Crippen LogP contribution in [0.4, 0.5) is 5.69 Å². The molecule has 1 aliphatic heterocycles. The van der Waals surface area contributed by atoms with Gasteiger partial charge in [0.15, 0.2) is 0 Å². The fourth-order valence-corrected chi connectivity index (χ4v) is 3.77. The summed E-state index contributed by atoms with van der Waals surface area (Å²) in [7, 11) is 0. The summed E-state index contributed by atoms with van der Waals surface area (Å²) >= 11 is 6.32. The summed E-state index contributed by atoms with van der Waals surface area (Å²) in [6.45, 7) is 4.90. The standard InChI is InChI=1S/C21H24ClN3O2/c1-3-14-8-9-18(22)17(4-2)20(14)24-21(27)15-11-19(26)25(12-15)13-16-7-5-6-10-23-16/h5-10,15H,3-4,11-13H2,1-2H3,(H,24,27). The van der Waals surface area contributed by atoms with E-state index in [0.717, 1.165) is 35.3 Å². The van der Waals surface area contributed by atoms with Crippen LogP contribution in [0.25, 0.3) is 0 Å². The normalized spacial score (nSPS) is 16.6. The average Bonchev–Trinajstić information content (AvgIpc) is 3.03. The Morgan fingerprint density at radius 1 is 1.26 bits per heavy atom. The maximum atomic E-state index is 12.9. The van der Waals surface area contributed by atoms with Gasteiger partial charge < -0.3 is 10.2 Å². The average molecular weight is 386 g/mol. The highest BCUT2D eigenvalue weighted by molar-refractivity contribution is 6.32. The molecule has 1 aromatic carbocycles. The van der Waals surface area contributed by atoms with E-state index in [1.165, 1.54) is 0 Å². The Balaban J connectivity index is 1.72. The molecule has 2 aromatic rings. The first-order chi connectivity index (χ1) is 13.0. The van der Waals surface area contributed by atoms with E-state index in [0.29, 0.717) is 18.1 Å². The van der Waals surface area contributed by atoms with Gasteiger partial charge in [0.2, 0.25) is 11.8 Å². The quantitative estimate of drug-likeness (QED) is 0.821. The minimum Gasteiger partial charge on any atom is -0.336 e. The van der Waals surface area contributed by atoms with Gasteiger partial charge in [0.05, 0.1) is 18.2 Å². The van der Waals surface area contributed by atoms with Crippen LogP contribution in [0.1, 0.15) is 37.1 Å². The van der Waals surface area contributed by atoms with Gasteiger partial charge in [-0.3, -0.25) is 14.6 Å². The van der Waals surface area contributed by atoms with Crippen molar-refractivity contribution in [2.24, 2.45) is 5.92 Å². The van der Waals surface area contributed by atoms with E-state index in [2.05, 4.69) is 10.3 Å². The number of aromatic nitrogens is 1. The Bertz CT molecular complexity index is 839. The molecule has 0 spiro atoms. The number of pyridine rings is 1. The Kier molecular flexibility index (Phi) is 6.11. The van der Waals surface area contributed by atoms with Crippen LogP contribution >= 0.6 is 11.6 Å². The van der Waals surface area contributed by atoms with Crippen molar-refractivity contribution in [3.05, 3.63) is 58.4 Å². The van der Waals surface area contributed by atoms with Gasteiger partial charge >= 0.3 is 0 Å². The fourth-order valence-electron chi connectivity index (χ4n) is 3.48. The summed E-state index contributed by atoms with van der Waals surface area (Å²) in [4.78, 5) is 31.2. The van der Waals surface area contributed by atoms with Crippen molar-refractivity contribution in [2.75, 3.05) is 11.9 Å². The number of amides is 2. The minimum absolute atomic E-state index is 0.0154. The smallest absolute Gasteiger partial charge is 0.229 e. The van der Waals surface area contributed by atoms with Crippen LogP contribution in [0.15, 0.2) is 36.5 Å². The SMILES string of the molecule is CCc1ccc(Cl)c(CC)c1NC(=O)C1CC(=O)N(Cc2ccccn2)C1. The Hall–Kier alpha value is -2.40. The van der Waals surface area contributed by atoms with Gasteiger partial charge in [-0.2, -0.15) is 0 Å². The van der Waals surface area contributed by atoms with Crippen LogP contribution < -0.4 is 5.32 Å². The monoisotopic (exact) mass is 385 g/mol. The van der Waals surface area contributed by atoms with Gasteiger partial charge in [0, 0.05) is 29.9 Å². The maximum Gasteiger partial charge on any atom is 0.229 e. The molecular formula is C21H24ClN3O2. The van der Waals surface area contributed by atoms with Crippen molar-refractivity contribution in [3.8, 4) is 0 Å². The lowest BCUT2D eigenvalue weighted by molar-refractivity contribution is -0.128. The van der Waals surface area contributed by atoms with E-state index < -0.39 is 0 Å². The molecule has 2 heterocycles. The highest BCUT2D eigenvalue weighted by atomic mass is 35.5. The predicted octanol–water partition coefficient (Wildman–Crippen LogP) is 3.85. The number of nitrogens with one attached hydrogen (secondary N) is 1. The largest absolute Gasteiger partial charge is 0.336 e. The molecule has 0 saturated carbocycles. The molecule has 6 heteroatoms. The van der Waals surface area contributed by atoms with E-state index in [4.69, 9.17) is 11.6 Å². The van der Waals surface area contributed by atoms with Crippen LogP contribution in [0.3, 0.4) is 0 Å². The van der Waals surface area contributed by atoms with Crippen molar-refractivity contribution in [2.45, 2.75) is 39.7 Å². The number of likely N-dealkylation sites (tertiary alicyclic amines) is 1. The lowest BCUT2D eigenvalue weighted by Gasteiger charge is -2.19. The number of hydrogen-bond acceptors (Lipinski definition) is 3. The number of carbonyl (C=O) groups is 2. The first-order valence-corrected chi connectivity index (χ1v) is 9.70. The number of carbonyl (C=O) groups excluding carboxylic acids is 2. The lowest BCUT2D eigenvalue weighted by atomic mass is 10.0. The molecule has 0 radical (unpaired) electrons. The summed E-state index contributed by atoms with van der Waals surface area (Å²) in [5.41, 5.74) is 3.62. The van der Waals surface area contributed by atoms with Crippen molar-refractivity contribution < 1.29 is 9.59 Å². The molecule has 5 nitrogen and oxygen atoms in total. The Labute approximate surface area is 164 Å². The number of halogens is 1. The topological polar surface area (TPSA) is 62.3 Å². The fraction of sp³-hybridized carbons (Fsp3) is 0.381. The number of rotatable bonds is 6. The lowest BCUT2D eigenvalue weighted by Crippen LogP contribution is -2.28. The maximum absolute atomic E-state index is 12.9. The number of anilines is 1. The second-order valence-corrected chi connectivity index (χ2v) is 7.16. The first-order valence-electron chi connectivity index (χ1n) is 9.32. The zero-order valence-electron chi connectivity index (χ0n) is 15.7. The summed E-state index contributed by atoms with van der Waals surface area (Å²) < 4.78 is 0. The summed E-state index contributed by atoms with van der Waals surface area (Å²) in [5.74, 6) is -0.508. The van der Waals surface area contributed by atoms with Gasteiger partial charge in [-0.25, -0.2) is 0 Å². The zero-order valence-corrected chi connectivity index (χ0v) is 16.4. The van der Waals surface area contributed by atoms with Gasteiger partial charge in [-0.1, -0.05) is 37.6 Å². The molecule has 1 N–H and O–H groups in total. The van der Waals surface area contributed by atoms with E-state index in [9.17, 15) is 9.59 Å². The predicted molar refractivity (Wildman–Crippen MR) is 107 cm³/mol. The van der Waals surface area contributed by atoms with E-state index in [1.54, 1.807) is 11.1 Å². The van der Waals surface area contributed by atoms with E-state index in [1.807, 2.05) is 44.2 Å². The van der Waals surface area contributed by atoms with Crippen LogP contribution in [0, 0.1) is 5.92 Å². The second-order valence-electron chi connectivity index (χ2n) is 6.75. The van der Waals surface area contributed by atoms with E-state index in [-0.39, 0.29) is 24.2 Å². The van der Waals surface area contributed by atoms with Crippen molar-refractivity contribution in [3.63, 3.8) is 0 Å². The summed E-state index contributed by atoms with van der Waals surface area (Å²) in [5, 5.41) is 3.71. The second kappa shape index (κ2) is 8.53. The molecule has 1 saturated heterocycles. The third-order valence-corrected chi connectivity index (χ3v) is 5.34. The molecule has 0 aliphatic carbocycles. The number of aryl methyl sites for hydroxylation is 1. The summed E-state index contributed by atoms with van der Waals surface area (Å²) in [6.07, 6.45) is 3.47. The van der Waals surface area contributed by atoms with Gasteiger partial charge in [-0.05, 0) is 42.2 Å². The molecule has 0 bridgehead atoms. The van der Waals surface area contributed by atoms with Crippen LogP contribution in [0.5, 0.6) is 0 Å². The van der Waals surface area contributed by atoms with Crippen LogP contribution in [-0.2, 0) is 29.0 Å². The highest BCUT2D eigenvalue weighted by Crippen LogP contribution is 2.31. The third-order valence-electron chi connectivity index (χ3n) is 4.99. The molecule has 3 rings (SSSR count). The van der Waals surface area contributed by atoms with Crippen LogP contribution in [0.2, 0.25) is 5.02 Å². The molecule has 1 aliphatic rings. The third kappa shape index (κ3) is 4.30. The first kappa shape index (κ1) is 19.4. The van der Waals surface area contributed by atoms with Crippen molar-refractivity contribution in [1.82, 2.24) is 9.88 Å².